The lowest BCUT2D eigenvalue weighted by Gasteiger charge is -2.28. The Balaban J connectivity index is 1.41. The zero-order chi connectivity index (χ0) is 16.4. The number of nitrogens with zero attached hydrogens (tertiary/aromatic N) is 3. The van der Waals surface area contributed by atoms with E-state index in [0.29, 0.717) is 17.9 Å². The van der Waals surface area contributed by atoms with Crippen LogP contribution in [0.25, 0.3) is 0 Å². The fraction of sp³-hybridized carbons (Fsp3) is 0.737. The molecule has 4 rings (SSSR count). The van der Waals surface area contributed by atoms with E-state index in [1.807, 2.05) is 0 Å². The average Bonchev–Trinajstić information content (AvgIpc) is 2.94. The van der Waals surface area contributed by atoms with Gasteiger partial charge in [-0.3, -0.25) is 4.79 Å². The standard InChI is InChI=1S/C19H28N4O/c24-18(12-14-4-1-2-5-14)23-10-8-16-17(9-11-23)20-13-21-19(16)22-15-6-3-7-15/h13-15H,1-12H2,(H,20,21,22). The Morgan fingerprint density at radius 1 is 1.08 bits per heavy atom. The first-order chi connectivity index (χ1) is 11.8. The van der Waals surface area contributed by atoms with E-state index >= 15 is 0 Å². The molecule has 24 heavy (non-hydrogen) atoms. The highest BCUT2D eigenvalue weighted by Gasteiger charge is 2.26. The van der Waals surface area contributed by atoms with Crippen LogP contribution in [0.5, 0.6) is 0 Å². The second kappa shape index (κ2) is 7.08. The van der Waals surface area contributed by atoms with Crippen molar-refractivity contribution in [2.75, 3.05) is 18.4 Å². The highest BCUT2D eigenvalue weighted by molar-refractivity contribution is 5.76. The highest BCUT2D eigenvalue weighted by Crippen LogP contribution is 2.29. The Morgan fingerprint density at radius 3 is 2.62 bits per heavy atom. The molecule has 0 saturated heterocycles. The van der Waals surface area contributed by atoms with Gasteiger partial charge in [0, 0.05) is 37.5 Å². The van der Waals surface area contributed by atoms with E-state index in [-0.39, 0.29) is 0 Å². The molecular weight excluding hydrogens is 300 g/mol. The minimum Gasteiger partial charge on any atom is -0.367 e. The number of carbonyl (C=O) groups is 1. The summed E-state index contributed by atoms with van der Waals surface area (Å²) in [5.74, 6) is 1.98. The summed E-state index contributed by atoms with van der Waals surface area (Å²) in [6.45, 7) is 1.61. The van der Waals surface area contributed by atoms with Crippen molar-refractivity contribution in [2.45, 2.75) is 70.3 Å². The Kier molecular flexibility index (Phi) is 4.67. The maximum atomic E-state index is 12.7. The summed E-state index contributed by atoms with van der Waals surface area (Å²) in [6.07, 6.45) is 13.0. The van der Waals surface area contributed by atoms with E-state index in [2.05, 4.69) is 20.2 Å². The summed E-state index contributed by atoms with van der Waals surface area (Å²) in [5.41, 5.74) is 2.36. The Bertz CT molecular complexity index is 593. The molecule has 2 saturated carbocycles. The zero-order valence-electron chi connectivity index (χ0n) is 14.5. The average molecular weight is 328 g/mol. The molecule has 5 nitrogen and oxygen atoms in total. The number of hydrogen-bond donors (Lipinski definition) is 1. The molecule has 5 heteroatoms. The van der Waals surface area contributed by atoms with Gasteiger partial charge in [-0.2, -0.15) is 0 Å². The van der Waals surface area contributed by atoms with Gasteiger partial charge in [-0.15, -0.1) is 0 Å². The monoisotopic (exact) mass is 328 g/mol. The molecule has 3 aliphatic rings. The molecule has 0 bridgehead atoms. The van der Waals surface area contributed by atoms with Crippen LogP contribution in [0.3, 0.4) is 0 Å². The van der Waals surface area contributed by atoms with Crippen LogP contribution < -0.4 is 5.32 Å². The van der Waals surface area contributed by atoms with Crippen molar-refractivity contribution in [3.05, 3.63) is 17.6 Å². The molecule has 1 aromatic rings. The first-order valence-electron chi connectivity index (χ1n) is 9.66. The number of aromatic nitrogens is 2. The minimum absolute atomic E-state index is 0.344. The fourth-order valence-electron chi connectivity index (χ4n) is 4.24. The SMILES string of the molecule is O=C(CC1CCCC1)N1CCc2ncnc(NC3CCC3)c2CC1. The second-order valence-electron chi connectivity index (χ2n) is 7.66. The topological polar surface area (TPSA) is 58.1 Å². The maximum Gasteiger partial charge on any atom is 0.222 e. The molecule has 2 fully saturated rings. The van der Waals surface area contributed by atoms with Crippen LogP contribution in [-0.2, 0) is 17.6 Å². The van der Waals surface area contributed by atoms with E-state index < -0.39 is 0 Å². The number of amides is 1. The molecule has 130 valence electrons. The van der Waals surface area contributed by atoms with Crippen molar-refractivity contribution >= 4 is 11.7 Å². The predicted octanol–water partition coefficient (Wildman–Crippen LogP) is 2.95. The molecule has 2 heterocycles. The minimum atomic E-state index is 0.344. The van der Waals surface area contributed by atoms with Gasteiger partial charge in [-0.05, 0) is 44.4 Å². The van der Waals surface area contributed by atoms with E-state index in [9.17, 15) is 4.79 Å². The number of hydrogen-bond acceptors (Lipinski definition) is 4. The first kappa shape index (κ1) is 15.9. The maximum absolute atomic E-state index is 12.7. The van der Waals surface area contributed by atoms with Crippen LogP contribution in [0.1, 0.15) is 62.6 Å². The van der Waals surface area contributed by atoms with Gasteiger partial charge in [-0.25, -0.2) is 9.97 Å². The third-order valence-corrected chi connectivity index (χ3v) is 6.02. The van der Waals surface area contributed by atoms with Gasteiger partial charge in [0.1, 0.15) is 12.1 Å². The van der Waals surface area contributed by atoms with Crippen molar-refractivity contribution in [3.8, 4) is 0 Å². The van der Waals surface area contributed by atoms with Gasteiger partial charge in [0.25, 0.3) is 0 Å². The molecule has 0 unspecified atom stereocenters. The van der Waals surface area contributed by atoms with Gasteiger partial charge in [0.15, 0.2) is 0 Å². The molecule has 0 aromatic carbocycles. The van der Waals surface area contributed by atoms with Crippen LogP contribution in [0.15, 0.2) is 6.33 Å². The number of carbonyl (C=O) groups excluding carboxylic acids is 1. The van der Waals surface area contributed by atoms with Crippen LogP contribution in [0, 0.1) is 5.92 Å². The van der Waals surface area contributed by atoms with Gasteiger partial charge in [0.2, 0.25) is 5.91 Å². The number of rotatable bonds is 4. The summed E-state index contributed by atoms with van der Waals surface area (Å²) in [4.78, 5) is 23.7. The van der Waals surface area contributed by atoms with Gasteiger partial charge >= 0.3 is 0 Å². The summed E-state index contributed by atoms with van der Waals surface area (Å²) < 4.78 is 0. The Morgan fingerprint density at radius 2 is 1.88 bits per heavy atom. The first-order valence-corrected chi connectivity index (χ1v) is 9.66. The molecule has 1 aromatic heterocycles. The van der Waals surface area contributed by atoms with Crippen molar-refractivity contribution < 1.29 is 4.79 Å². The van der Waals surface area contributed by atoms with Crippen molar-refractivity contribution in [1.29, 1.82) is 0 Å². The zero-order valence-corrected chi connectivity index (χ0v) is 14.5. The molecular formula is C19H28N4O. The molecule has 1 N–H and O–H groups in total. The highest BCUT2D eigenvalue weighted by atomic mass is 16.2. The Hall–Kier alpha value is -1.65. The number of anilines is 1. The largest absolute Gasteiger partial charge is 0.367 e. The lowest BCUT2D eigenvalue weighted by atomic mass is 9.93. The normalized spacial score (nSPS) is 21.9. The smallest absolute Gasteiger partial charge is 0.222 e. The lowest BCUT2D eigenvalue weighted by molar-refractivity contribution is -0.132. The van der Waals surface area contributed by atoms with Gasteiger partial charge < -0.3 is 10.2 Å². The second-order valence-corrected chi connectivity index (χ2v) is 7.66. The van der Waals surface area contributed by atoms with Gasteiger partial charge in [-0.1, -0.05) is 12.8 Å². The van der Waals surface area contributed by atoms with Crippen LogP contribution in [0.2, 0.25) is 0 Å². The van der Waals surface area contributed by atoms with Crippen LogP contribution in [-0.4, -0.2) is 39.9 Å². The molecule has 2 aliphatic carbocycles. The summed E-state index contributed by atoms with van der Waals surface area (Å²) in [5, 5.41) is 3.58. The predicted molar refractivity (Wildman–Crippen MR) is 93.9 cm³/mol. The molecule has 0 atom stereocenters. The third-order valence-electron chi connectivity index (χ3n) is 6.02. The van der Waals surface area contributed by atoms with Crippen molar-refractivity contribution in [2.24, 2.45) is 5.92 Å². The van der Waals surface area contributed by atoms with Crippen molar-refractivity contribution in [1.82, 2.24) is 14.9 Å². The third kappa shape index (κ3) is 3.40. The lowest BCUT2D eigenvalue weighted by Crippen LogP contribution is -2.34. The molecule has 1 amide bonds. The quantitative estimate of drug-likeness (QED) is 0.923. The summed E-state index contributed by atoms with van der Waals surface area (Å²) >= 11 is 0. The Labute approximate surface area is 144 Å². The van der Waals surface area contributed by atoms with E-state index in [0.717, 1.165) is 43.9 Å². The van der Waals surface area contributed by atoms with Gasteiger partial charge in [0.05, 0.1) is 5.69 Å². The fourth-order valence-corrected chi connectivity index (χ4v) is 4.24. The molecule has 0 radical (unpaired) electrons. The summed E-state index contributed by atoms with van der Waals surface area (Å²) in [6, 6.07) is 0.576. The molecule has 0 spiro atoms. The van der Waals surface area contributed by atoms with Crippen LogP contribution in [0.4, 0.5) is 5.82 Å². The molecule has 1 aliphatic heterocycles. The number of nitrogens with one attached hydrogen (secondary N) is 1. The van der Waals surface area contributed by atoms with Crippen molar-refractivity contribution in [3.63, 3.8) is 0 Å². The van der Waals surface area contributed by atoms with E-state index in [1.165, 1.54) is 50.5 Å². The van der Waals surface area contributed by atoms with E-state index in [1.54, 1.807) is 6.33 Å². The number of fused-ring (bicyclic) bond motifs is 1. The van der Waals surface area contributed by atoms with E-state index in [4.69, 9.17) is 0 Å². The summed E-state index contributed by atoms with van der Waals surface area (Å²) in [7, 11) is 0. The van der Waals surface area contributed by atoms with Crippen LogP contribution >= 0.6 is 0 Å².